The molecule has 5 heteroatoms. The van der Waals surface area contributed by atoms with Gasteiger partial charge in [0.2, 0.25) is 0 Å². The van der Waals surface area contributed by atoms with Crippen LogP contribution in [-0.4, -0.2) is 35.8 Å². The second kappa shape index (κ2) is 3.91. The predicted molar refractivity (Wildman–Crippen MR) is 66.5 cm³/mol. The molecule has 3 aliphatic rings. The van der Waals surface area contributed by atoms with E-state index >= 15 is 0 Å². The molecule has 0 N–H and O–H groups in total. The zero-order chi connectivity index (χ0) is 12.1. The van der Waals surface area contributed by atoms with Gasteiger partial charge in [-0.15, -0.1) is 0 Å². The topological polar surface area (TPSA) is 36.9 Å². The van der Waals surface area contributed by atoms with E-state index in [1.165, 1.54) is 0 Å². The zero-order valence-corrected chi connectivity index (χ0v) is 10.3. The molecule has 3 aliphatic heterocycles. The number of thiocarbonyl (C=S) groups is 1. The van der Waals surface area contributed by atoms with Gasteiger partial charge in [-0.3, -0.25) is 0 Å². The Hall–Kier alpha value is -1.17. The molecule has 5 atom stereocenters. The van der Waals surface area contributed by atoms with Gasteiger partial charge < -0.3 is 18.9 Å². The van der Waals surface area contributed by atoms with Crippen molar-refractivity contribution in [1.82, 2.24) is 0 Å². The highest BCUT2D eigenvalue weighted by Gasteiger charge is 2.65. The SMILES string of the molecule is S=C(Oc1ccccc1)O[C@@H]1[C@H]2O[C@H]3C[C@@H]1O[C@@H]23. The van der Waals surface area contributed by atoms with Crippen LogP contribution in [-0.2, 0) is 14.2 Å². The van der Waals surface area contributed by atoms with E-state index in [0.29, 0.717) is 5.75 Å². The average molecular weight is 264 g/mol. The number of hydrogen-bond acceptors (Lipinski definition) is 5. The van der Waals surface area contributed by atoms with Crippen molar-refractivity contribution in [2.75, 3.05) is 0 Å². The van der Waals surface area contributed by atoms with Gasteiger partial charge in [-0.05, 0) is 12.1 Å². The van der Waals surface area contributed by atoms with E-state index in [1.807, 2.05) is 30.3 Å². The van der Waals surface area contributed by atoms with Gasteiger partial charge in [0.1, 0.15) is 24.1 Å². The number of ether oxygens (including phenoxy) is 4. The number of rotatable bonds is 2. The minimum Gasteiger partial charge on any atom is -0.448 e. The molecule has 3 saturated heterocycles. The van der Waals surface area contributed by atoms with Gasteiger partial charge in [0.05, 0.1) is 6.10 Å². The highest BCUT2D eigenvalue weighted by molar-refractivity contribution is 7.79. The molecule has 4 nitrogen and oxygen atoms in total. The van der Waals surface area contributed by atoms with Gasteiger partial charge in [0.15, 0.2) is 6.10 Å². The van der Waals surface area contributed by atoms with Gasteiger partial charge in [-0.25, -0.2) is 0 Å². The van der Waals surface area contributed by atoms with Crippen LogP contribution in [0.2, 0.25) is 0 Å². The van der Waals surface area contributed by atoms with Crippen molar-refractivity contribution in [1.29, 1.82) is 0 Å². The Morgan fingerprint density at radius 3 is 2.56 bits per heavy atom. The van der Waals surface area contributed by atoms with E-state index in [1.54, 1.807) is 0 Å². The molecular weight excluding hydrogens is 252 g/mol. The standard InChI is InChI=1S/C13H12O4S/c18-13(14-7-4-2-1-3-5-7)17-11-9-6-8-10(15-9)12(11)16-8/h1-5,8-12H,6H2/t8-,9-,10+,11-,12-/m0/s1. The lowest BCUT2D eigenvalue weighted by atomic mass is 9.86. The van der Waals surface area contributed by atoms with E-state index in [-0.39, 0.29) is 35.8 Å². The van der Waals surface area contributed by atoms with Crippen molar-refractivity contribution in [2.24, 2.45) is 0 Å². The second-order valence-electron chi connectivity index (χ2n) is 4.76. The molecule has 1 aromatic carbocycles. The Morgan fingerprint density at radius 1 is 1.11 bits per heavy atom. The van der Waals surface area contributed by atoms with Crippen molar-refractivity contribution in [3.8, 4) is 5.75 Å². The quantitative estimate of drug-likeness (QED) is 0.760. The second-order valence-corrected chi connectivity index (χ2v) is 5.09. The summed E-state index contributed by atoms with van der Waals surface area (Å²) in [4.78, 5) is 0. The number of hydrogen-bond donors (Lipinski definition) is 0. The maximum Gasteiger partial charge on any atom is 0.358 e. The monoisotopic (exact) mass is 264 g/mol. The number of fused-ring (bicyclic) bond motifs is 1. The lowest BCUT2D eigenvalue weighted by molar-refractivity contribution is -0.201. The lowest BCUT2D eigenvalue weighted by Gasteiger charge is -2.42. The van der Waals surface area contributed by atoms with E-state index in [2.05, 4.69) is 0 Å². The van der Waals surface area contributed by atoms with Gasteiger partial charge in [-0.2, -0.15) is 0 Å². The van der Waals surface area contributed by atoms with Crippen molar-refractivity contribution in [2.45, 2.75) is 36.9 Å². The van der Waals surface area contributed by atoms with Gasteiger partial charge in [0, 0.05) is 18.6 Å². The van der Waals surface area contributed by atoms with Gasteiger partial charge in [-0.1, -0.05) is 18.2 Å². The fourth-order valence-corrected chi connectivity index (χ4v) is 3.08. The lowest BCUT2D eigenvalue weighted by Crippen LogP contribution is -2.59. The van der Waals surface area contributed by atoms with Crippen LogP contribution in [0, 0.1) is 0 Å². The zero-order valence-electron chi connectivity index (χ0n) is 9.52. The van der Waals surface area contributed by atoms with Crippen LogP contribution in [0.4, 0.5) is 0 Å². The fourth-order valence-electron chi connectivity index (χ4n) is 2.87. The first-order valence-corrected chi connectivity index (χ1v) is 6.46. The van der Waals surface area contributed by atoms with Crippen LogP contribution >= 0.6 is 12.2 Å². The van der Waals surface area contributed by atoms with Crippen LogP contribution in [0.5, 0.6) is 5.75 Å². The largest absolute Gasteiger partial charge is 0.448 e. The maximum absolute atomic E-state index is 5.73. The molecule has 94 valence electrons. The summed E-state index contributed by atoms with van der Waals surface area (Å²) in [5.41, 5.74) is 0. The van der Waals surface area contributed by atoms with Crippen molar-refractivity contribution in [3.05, 3.63) is 30.3 Å². The molecule has 4 rings (SSSR count). The molecule has 3 heterocycles. The summed E-state index contributed by atoms with van der Waals surface area (Å²) in [6.45, 7) is 0. The Labute approximate surface area is 110 Å². The summed E-state index contributed by atoms with van der Waals surface area (Å²) in [7, 11) is 0. The predicted octanol–water partition coefficient (Wildman–Crippen LogP) is 1.67. The Morgan fingerprint density at radius 2 is 1.89 bits per heavy atom. The summed E-state index contributed by atoms with van der Waals surface area (Å²) >= 11 is 5.10. The first-order valence-electron chi connectivity index (χ1n) is 6.06. The highest BCUT2D eigenvalue weighted by atomic mass is 32.1. The van der Waals surface area contributed by atoms with E-state index < -0.39 is 0 Å². The molecule has 0 radical (unpaired) electrons. The van der Waals surface area contributed by atoms with Gasteiger partial charge >= 0.3 is 5.24 Å². The van der Waals surface area contributed by atoms with Crippen molar-refractivity contribution < 1.29 is 18.9 Å². The van der Waals surface area contributed by atoms with Crippen LogP contribution in [0.25, 0.3) is 0 Å². The highest BCUT2D eigenvalue weighted by Crippen LogP contribution is 2.48. The van der Waals surface area contributed by atoms with Crippen LogP contribution in [0.3, 0.4) is 0 Å². The number of para-hydroxylation sites is 1. The molecule has 3 fully saturated rings. The van der Waals surface area contributed by atoms with Crippen LogP contribution in [0.15, 0.2) is 30.3 Å². The molecule has 18 heavy (non-hydrogen) atoms. The minimum atomic E-state index is -0.115. The molecule has 0 aromatic heterocycles. The third kappa shape index (κ3) is 1.55. The summed E-state index contributed by atoms with van der Waals surface area (Å²) < 4.78 is 22.5. The molecule has 0 unspecified atom stereocenters. The molecular formula is C13H12O4S. The van der Waals surface area contributed by atoms with Crippen LogP contribution in [0.1, 0.15) is 6.42 Å². The van der Waals surface area contributed by atoms with Crippen molar-refractivity contribution in [3.63, 3.8) is 0 Å². The third-order valence-electron chi connectivity index (χ3n) is 3.69. The summed E-state index contributed by atoms with van der Waals surface area (Å²) in [6, 6.07) is 9.37. The molecule has 0 aliphatic carbocycles. The first-order chi connectivity index (χ1) is 8.81. The summed E-state index contributed by atoms with van der Waals surface area (Å²) in [5.74, 6) is 0.680. The van der Waals surface area contributed by atoms with Crippen LogP contribution < -0.4 is 4.74 Å². The van der Waals surface area contributed by atoms with Crippen molar-refractivity contribution >= 4 is 17.5 Å². The summed E-state index contributed by atoms with van der Waals surface area (Å²) in [6.07, 6.45) is 1.42. The molecule has 0 amide bonds. The first kappa shape index (κ1) is 10.7. The molecule has 0 spiro atoms. The fraction of sp³-hybridized carbons (Fsp3) is 0.462. The normalized spacial score (nSPS) is 39.2. The van der Waals surface area contributed by atoms with E-state index in [4.69, 9.17) is 31.2 Å². The maximum atomic E-state index is 5.73. The number of benzene rings is 1. The average Bonchev–Trinajstić information content (AvgIpc) is 2.80. The Balaban J connectivity index is 1.39. The van der Waals surface area contributed by atoms with Gasteiger partial charge in [0.25, 0.3) is 0 Å². The minimum absolute atomic E-state index is 0.0334. The third-order valence-corrected chi connectivity index (χ3v) is 3.87. The molecule has 1 aromatic rings. The smallest absolute Gasteiger partial charge is 0.358 e. The van der Waals surface area contributed by atoms with E-state index in [0.717, 1.165) is 6.42 Å². The molecule has 2 bridgehead atoms. The van der Waals surface area contributed by atoms with E-state index in [9.17, 15) is 0 Å². The Kier molecular flexibility index (Phi) is 2.33. The summed E-state index contributed by atoms with van der Waals surface area (Å²) in [5, 5.41) is 0.134. The molecule has 0 saturated carbocycles. The Bertz CT molecular complexity index is 473.